The van der Waals surface area contributed by atoms with Gasteiger partial charge in [-0.05, 0) is 49.6 Å². The van der Waals surface area contributed by atoms with Crippen LogP contribution < -0.4 is 15.4 Å². The Hall–Kier alpha value is -3.80. The van der Waals surface area contributed by atoms with Crippen molar-refractivity contribution in [1.29, 1.82) is 0 Å². The summed E-state index contributed by atoms with van der Waals surface area (Å²) in [4.78, 5) is 50.5. The Morgan fingerprint density at radius 3 is 2.67 bits per heavy atom. The predicted octanol–water partition coefficient (Wildman–Crippen LogP) is 2.16. The van der Waals surface area contributed by atoms with Crippen LogP contribution in [-0.2, 0) is 38.1 Å². The fraction of sp³-hybridized carbons (Fsp3) is 0.407. The third kappa shape index (κ3) is 5.95. The van der Waals surface area contributed by atoms with E-state index in [0.717, 1.165) is 12.1 Å². The van der Waals surface area contributed by atoms with Crippen molar-refractivity contribution < 1.29 is 37.4 Å². The molecule has 2 heterocycles. The van der Waals surface area contributed by atoms with Crippen LogP contribution in [0.5, 0.6) is 5.75 Å². The van der Waals surface area contributed by atoms with Gasteiger partial charge >= 0.3 is 5.92 Å². The SMILES string of the molecule is [B][C@]1(N2Cc3cc(CNC(=O)C(F)(F)c4cccc(OCCOC(C)C)c4)ccc3C2=O)CCC(=O)NC1=O. The Labute approximate surface area is 225 Å². The van der Waals surface area contributed by atoms with E-state index < -0.39 is 40.6 Å². The van der Waals surface area contributed by atoms with Crippen molar-refractivity contribution in [1.82, 2.24) is 15.5 Å². The molecule has 0 unspecified atom stereocenters. The Kier molecular flexibility index (Phi) is 8.05. The molecule has 2 aromatic carbocycles. The van der Waals surface area contributed by atoms with Crippen molar-refractivity contribution >= 4 is 31.5 Å². The van der Waals surface area contributed by atoms with E-state index >= 15 is 0 Å². The van der Waals surface area contributed by atoms with Crippen LogP contribution in [0.4, 0.5) is 8.78 Å². The number of fused-ring (bicyclic) bond motifs is 1. The molecule has 0 aliphatic carbocycles. The minimum Gasteiger partial charge on any atom is -0.491 e. The molecule has 9 nitrogen and oxygen atoms in total. The van der Waals surface area contributed by atoms with E-state index in [0.29, 0.717) is 23.3 Å². The van der Waals surface area contributed by atoms with Gasteiger partial charge in [0.15, 0.2) is 0 Å². The summed E-state index contributed by atoms with van der Waals surface area (Å²) in [6.45, 7) is 3.98. The first-order chi connectivity index (χ1) is 18.4. The van der Waals surface area contributed by atoms with Crippen LogP contribution in [0.2, 0.25) is 0 Å². The number of ether oxygens (including phenoxy) is 2. The molecule has 0 aromatic heterocycles. The third-order valence-corrected chi connectivity index (χ3v) is 6.57. The quantitative estimate of drug-likeness (QED) is 0.272. The molecule has 0 bridgehead atoms. The summed E-state index contributed by atoms with van der Waals surface area (Å²) in [5, 5.41) is 4.40. The molecule has 12 heteroatoms. The molecule has 2 N–H and O–H groups in total. The lowest BCUT2D eigenvalue weighted by Crippen LogP contribution is -2.63. The van der Waals surface area contributed by atoms with E-state index in [2.05, 4.69) is 10.6 Å². The number of hydrogen-bond acceptors (Lipinski definition) is 6. The van der Waals surface area contributed by atoms with Crippen LogP contribution in [-0.4, -0.2) is 61.1 Å². The number of imide groups is 1. The molecule has 0 spiro atoms. The maximum absolute atomic E-state index is 14.9. The second-order valence-electron chi connectivity index (χ2n) is 9.74. The first kappa shape index (κ1) is 28.2. The molecule has 2 aromatic rings. The Balaban J connectivity index is 1.39. The summed E-state index contributed by atoms with van der Waals surface area (Å²) in [5.41, 5.74) is -0.890. The van der Waals surface area contributed by atoms with Gasteiger partial charge in [0.2, 0.25) is 11.8 Å². The molecule has 39 heavy (non-hydrogen) atoms. The van der Waals surface area contributed by atoms with Gasteiger partial charge < -0.3 is 19.7 Å². The van der Waals surface area contributed by atoms with E-state index in [1.54, 1.807) is 6.07 Å². The standard InChI is InChI=1S/C27H28BF2N3O6/c1-16(2)38-10-11-39-20-5-3-4-19(13-20)27(29,30)25(37)31-14-17-6-7-21-18(12-17)15-33(23(21)35)26(28)9-8-22(34)32-24(26)36/h3-7,12-13,16H,8-11,14-15H2,1-2H3,(H,31,37)(H,32,34,36)/t26-/m0/s1. The maximum atomic E-state index is 14.9. The zero-order valence-corrected chi connectivity index (χ0v) is 21.6. The Morgan fingerprint density at radius 2 is 1.95 bits per heavy atom. The van der Waals surface area contributed by atoms with Gasteiger partial charge in [0.05, 0.1) is 18.1 Å². The van der Waals surface area contributed by atoms with Gasteiger partial charge in [-0.3, -0.25) is 24.5 Å². The van der Waals surface area contributed by atoms with Crippen molar-refractivity contribution in [2.75, 3.05) is 13.2 Å². The lowest BCUT2D eigenvalue weighted by atomic mass is 9.70. The zero-order chi connectivity index (χ0) is 28.4. The molecule has 204 valence electrons. The maximum Gasteiger partial charge on any atom is 0.349 e. The van der Waals surface area contributed by atoms with E-state index in [-0.39, 0.29) is 44.4 Å². The van der Waals surface area contributed by atoms with Crippen molar-refractivity contribution in [2.24, 2.45) is 0 Å². The average molecular weight is 539 g/mol. The van der Waals surface area contributed by atoms with Gasteiger partial charge in [-0.25, -0.2) is 0 Å². The van der Waals surface area contributed by atoms with Gasteiger partial charge in [-0.1, -0.05) is 24.3 Å². The van der Waals surface area contributed by atoms with Crippen molar-refractivity contribution in [3.63, 3.8) is 0 Å². The molecule has 1 saturated heterocycles. The van der Waals surface area contributed by atoms with Crippen LogP contribution in [0.15, 0.2) is 42.5 Å². The summed E-state index contributed by atoms with van der Waals surface area (Å²) in [7, 11) is 6.22. The highest BCUT2D eigenvalue weighted by Gasteiger charge is 2.47. The van der Waals surface area contributed by atoms with E-state index in [9.17, 15) is 28.0 Å². The molecule has 1 atom stereocenters. The number of nitrogens with zero attached hydrogens (tertiary/aromatic N) is 1. The summed E-state index contributed by atoms with van der Waals surface area (Å²) >= 11 is 0. The molecule has 2 aliphatic heterocycles. The molecule has 4 rings (SSSR count). The number of alkyl halides is 2. The Morgan fingerprint density at radius 1 is 1.18 bits per heavy atom. The van der Waals surface area contributed by atoms with Gasteiger partial charge in [-0.15, -0.1) is 0 Å². The fourth-order valence-corrected chi connectivity index (χ4v) is 4.43. The highest BCUT2D eigenvalue weighted by molar-refractivity contribution is 6.32. The lowest BCUT2D eigenvalue weighted by Gasteiger charge is -2.40. The summed E-state index contributed by atoms with van der Waals surface area (Å²) in [6, 6.07) is 9.77. The number of hydrogen-bond donors (Lipinski definition) is 2. The normalized spacial score (nSPS) is 19.2. The van der Waals surface area contributed by atoms with Crippen LogP contribution in [0, 0.1) is 0 Å². The second-order valence-corrected chi connectivity index (χ2v) is 9.74. The van der Waals surface area contributed by atoms with Crippen LogP contribution in [0.1, 0.15) is 53.7 Å². The minimum absolute atomic E-state index is 0.000770. The lowest BCUT2D eigenvalue weighted by molar-refractivity contribution is -0.147. The number of halogens is 2. The molecule has 2 radical (unpaired) electrons. The first-order valence-electron chi connectivity index (χ1n) is 12.5. The van der Waals surface area contributed by atoms with Crippen LogP contribution >= 0.6 is 0 Å². The van der Waals surface area contributed by atoms with E-state index in [1.165, 1.54) is 29.2 Å². The molecule has 4 amide bonds. The van der Waals surface area contributed by atoms with E-state index in [4.69, 9.17) is 17.3 Å². The van der Waals surface area contributed by atoms with Gasteiger partial charge in [-0.2, -0.15) is 8.78 Å². The number of amides is 4. The van der Waals surface area contributed by atoms with Crippen LogP contribution in [0.3, 0.4) is 0 Å². The van der Waals surface area contributed by atoms with Gasteiger partial charge in [0, 0.05) is 30.6 Å². The summed E-state index contributed by atoms with van der Waals surface area (Å²) in [5.74, 6) is -6.82. The molecule has 0 saturated carbocycles. The number of piperidine rings is 1. The summed E-state index contributed by atoms with van der Waals surface area (Å²) < 4.78 is 40.7. The third-order valence-electron chi connectivity index (χ3n) is 6.57. The second kappa shape index (κ2) is 11.1. The average Bonchev–Trinajstić information content (AvgIpc) is 3.23. The molecule has 1 fully saturated rings. The van der Waals surface area contributed by atoms with Crippen LogP contribution in [0.25, 0.3) is 0 Å². The number of rotatable bonds is 10. The minimum atomic E-state index is -3.82. The van der Waals surface area contributed by atoms with Gasteiger partial charge in [0.25, 0.3) is 11.8 Å². The highest BCUT2D eigenvalue weighted by Crippen LogP contribution is 2.34. The number of carbonyl (C=O) groups is 4. The largest absolute Gasteiger partial charge is 0.491 e. The Bertz CT molecular complexity index is 1300. The fourth-order valence-electron chi connectivity index (χ4n) is 4.43. The van der Waals surface area contributed by atoms with Crippen molar-refractivity contribution in [3.8, 4) is 5.75 Å². The molecular formula is C27H28BF2N3O6. The van der Waals surface area contributed by atoms with Gasteiger partial charge in [0.1, 0.15) is 20.2 Å². The predicted molar refractivity (Wildman–Crippen MR) is 136 cm³/mol. The van der Waals surface area contributed by atoms with E-state index in [1.807, 2.05) is 13.8 Å². The number of nitrogens with one attached hydrogen (secondary N) is 2. The highest BCUT2D eigenvalue weighted by atomic mass is 19.3. The monoisotopic (exact) mass is 539 g/mol. The first-order valence-corrected chi connectivity index (χ1v) is 12.5. The number of carbonyl (C=O) groups excluding carboxylic acids is 4. The molecule has 2 aliphatic rings. The molecular weight excluding hydrogens is 511 g/mol. The van der Waals surface area contributed by atoms with Crippen molar-refractivity contribution in [3.05, 3.63) is 64.7 Å². The zero-order valence-electron chi connectivity index (χ0n) is 21.6. The topological polar surface area (TPSA) is 114 Å². The smallest absolute Gasteiger partial charge is 0.349 e. The summed E-state index contributed by atoms with van der Waals surface area (Å²) in [6.07, 6.45) is -0.0105. The number of benzene rings is 2. The van der Waals surface area contributed by atoms with Crippen molar-refractivity contribution in [2.45, 2.75) is 57.2 Å².